The van der Waals surface area contributed by atoms with Gasteiger partial charge in [0.05, 0.1) is 6.10 Å². The van der Waals surface area contributed by atoms with Gasteiger partial charge >= 0.3 is 6.03 Å². The van der Waals surface area contributed by atoms with Crippen LogP contribution in [-0.4, -0.2) is 69.5 Å². The Hall–Kier alpha value is -2.32. The number of anilines is 1. The first-order chi connectivity index (χ1) is 14.5. The minimum atomic E-state index is -0.192. The van der Waals surface area contributed by atoms with E-state index in [1.165, 1.54) is 0 Å². The smallest absolute Gasteiger partial charge is 0.319 e. The molecule has 0 unspecified atom stereocenters. The molecular weight excluding hydrogens is 382 g/mol. The molecule has 1 aliphatic rings. The van der Waals surface area contributed by atoms with E-state index in [0.717, 1.165) is 62.8 Å². The maximum Gasteiger partial charge on any atom is 0.319 e. The highest BCUT2D eigenvalue weighted by Gasteiger charge is 2.21. The normalized spacial score (nSPS) is 15.4. The van der Waals surface area contributed by atoms with E-state index in [4.69, 9.17) is 9.47 Å². The molecule has 2 amide bonds. The van der Waals surface area contributed by atoms with Crippen LogP contribution in [0.25, 0.3) is 0 Å². The average molecular weight is 420 g/mol. The third kappa shape index (κ3) is 8.59. The lowest BCUT2D eigenvalue weighted by atomic mass is 10.1. The van der Waals surface area contributed by atoms with Crippen LogP contribution in [0.3, 0.4) is 0 Å². The van der Waals surface area contributed by atoms with Gasteiger partial charge in [-0.1, -0.05) is 12.1 Å². The maximum atomic E-state index is 11.8. The number of rotatable bonds is 9. The number of amides is 2. The molecule has 0 aromatic heterocycles. The standard InChI is InChI=1S/C22H37N5O3/c1-17(2)25-22(28)26-19-8-6-18(7-9-19)16-24-21(23-3)27-12-10-20(11-13-27)30-15-5-14-29-4/h6-9,17,20H,5,10-16H2,1-4H3,(H,23,24)(H2,25,26,28). The number of benzene rings is 1. The fourth-order valence-electron chi connectivity index (χ4n) is 3.34. The number of nitrogens with one attached hydrogen (secondary N) is 3. The zero-order chi connectivity index (χ0) is 21.8. The van der Waals surface area contributed by atoms with Crippen LogP contribution in [0.15, 0.2) is 29.3 Å². The number of hydrogen-bond acceptors (Lipinski definition) is 4. The lowest BCUT2D eigenvalue weighted by Gasteiger charge is -2.34. The van der Waals surface area contributed by atoms with Crippen LogP contribution in [0.2, 0.25) is 0 Å². The van der Waals surface area contributed by atoms with Gasteiger partial charge in [-0.05, 0) is 50.8 Å². The number of guanidine groups is 1. The zero-order valence-corrected chi connectivity index (χ0v) is 18.7. The second-order valence-corrected chi connectivity index (χ2v) is 7.75. The summed E-state index contributed by atoms with van der Waals surface area (Å²) in [5.41, 5.74) is 1.90. The molecule has 1 aliphatic heterocycles. The second kappa shape index (κ2) is 13.1. The maximum absolute atomic E-state index is 11.8. The summed E-state index contributed by atoms with van der Waals surface area (Å²) in [5, 5.41) is 9.08. The Balaban J connectivity index is 1.73. The highest BCUT2D eigenvalue weighted by Crippen LogP contribution is 2.15. The summed E-state index contributed by atoms with van der Waals surface area (Å²) in [4.78, 5) is 18.5. The van der Waals surface area contributed by atoms with E-state index in [1.807, 2.05) is 45.2 Å². The molecule has 0 spiro atoms. The molecule has 0 saturated carbocycles. The van der Waals surface area contributed by atoms with Crippen molar-refractivity contribution in [1.82, 2.24) is 15.5 Å². The number of carbonyl (C=O) groups is 1. The van der Waals surface area contributed by atoms with Crippen molar-refractivity contribution in [3.05, 3.63) is 29.8 Å². The molecule has 8 nitrogen and oxygen atoms in total. The van der Waals surface area contributed by atoms with E-state index in [0.29, 0.717) is 12.6 Å². The Morgan fingerprint density at radius 3 is 2.50 bits per heavy atom. The van der Waals surface area contributed by atoms with Gasteiger partial charge in [-0.3, -0.25) is 4.99 Å². The summed E-state index contributed by atoms with van der Waals surface area (Å²) < 4.78 is 11.0. The average Bonchev–Trinajstić information content (AvgIpc) is 2.73. The van der Waals surface area contributed by atoms with Gasteiger partial charge in [0.15, 0.2) is 5.96 Å². The zero-order valence-electron chi connectivity index (χ0n) is 18.7. The van der Waals surface area contributed by atoms with Gasteiger partial charge in [-0.15, -0.1) is 0 Å². The lowest BCUT2D eigenvalue weighted by Crippen LogP contribution is -2.46. The van der Waals surface area contributed by atoms with E-state index < -0.39 is 0 Å². The number of hydrogen-bond donors (Lipinski definition) is 3. The first kappa shape index (κ1) is 24.0. The van der Waals surface area contributed by atoms with Crippen LogP contribution < -0.4 is 16.0 Å². The minimum Gasteiger partial charge on any atom is -0.385 e. The van der Waals surface area contributed by atoms with Crippen LogP contribution in [0.1, 0.15) is 38.7 Å². The molecule has 0 bridgehead atoms. The number of nitrogens with zero attached hydrogens (tertiary/aromatic N) is 2. The van der Waals surface area contributed by atoms with Gasteiger partial charge in [0.1, 0.15) is 0 Å². The molecule has 0 atom stereocenters. The largest absolute Gasteiger partial charge is 0.385 e. The molecule has 1 aromatic rings. The predicted molar refractivity (Wildman–Crippen MR) is 121 cm³/mol. The van der Waals surface area contributed by atoms with Gasteiger partial charge < -0.3 is 30.3 Å². The summed E-state index contributed by atoms with van der Waals surface area (Å²) in [6, 6.07) is 7.74. The number of aliphatic imine (C=N–C) groups is 1. The number of methoxy groups -OCH3 is 1. The van der Waals surface area contributed by atoms with Crippen molar-refractivity contribution in [2.45, 2.75) is 51.8 Å². The number of ether oxygens (including phenoxy) is 2. The van der Waals surface area contributed by atoms with E-state index in [-0.39, 0.29) is 12.1 Å². The summed E-state index contributed by atoms with van der Waals surface area (Å²) in [5.74, 6) is 0.909. The summed E-state index contributed by atoms with van der Waals surface area (Å²) in [6.45, 7) is 7.91. The summed E-state index contributed by atoms with van der Waals surface area (Å²) >= 11 is 0. The van der Waals surface area contributed by atoms with E-state index in [2.05, 4.69) is 25.8 Å². The first-order valence-corrected chi connectivity index (χ1v) is 10.7. The number of urea groups is 1. The van der Waals surface area contributed by atoms with Crippen molar-refractivity contribution in [3.63, 3.8) is 0 Å². The second-order valence-electron chi connectivity index (χ2n) is 7.75. The van der Waals surface area contributed by atoms with E-state index in [9.17, 15) is 4.79 Å². The van der Waals surface area contributed by atoms with Crippen molar-refractivity contribution >= 4 is 17.7 Å². The molecule has 2 rings (SSSR count). The summed E-state index contributed by atoms with van der Waals surface area (Å²) in [7, 11) is 3.53. The van der Waals surface area contributed by atoms with Gasteiger partial charge in [-0.25, -0.2) is 4.79 Å². The van der Waals surface area contributed by atoms with Crippen LogP contribution in [0.4, 0.5) is 10.5 Å². The van der Waals surface area contributed by atoms with Crippen LogP contribution >= 0.6 is 0 Å². The van der Waals surface area contributed by atoms with Gasteiger partial charge in [0.2, 0.25) is 0 Å². The number of piperidine rings is 1. The summed E-state index contributed by atoms with van der Waals surface area (Å²) in [6.07, 6.45) is 3.28. The van der Waals surface area contributed by atoms with Crippen molar-refractivity contribution in [2.24, 2.45) is 4.99 Å². The molecule has 0 aliphatic carbocycles. The Labute approximate surface area is 180 Å². The van der Waals surface area contributed by atoms with Crippen LogP contribution in [-0.2, 0) is 16.0 Å². The molecule has 30 heavy (non-hydrogen) atoms. The van der Waals surface area contributed by atoms with Crippen LogP contribution in [0, 0.1) is 0 Å². The predicted octanol–water partition coefficient (Wildman–Crippen LogP) is 2.81. The SMILES string of the molecule is CN=C(NCc1ccc(NC(=O)NC(C)C)cc1)N1CCC(OCCCOC)CC1. The molecular formula is C22H37N5O3. The minimum absolute atomic E-state index is 0.104. The molecule has 1 heterocycles. The molecule has 3 N–H and O–H groups in total. The lowest BCUT2D eigenvalue weighted by molar-refractivity contribution is 0.00989. The fourth-order valence-corrected chi connectivity index (χ4v) is 3.34. The van der Waals surface area contributed by atoms with Gasteiger partial charge in [0.25, 0.3) is 0 Å². The van der Waals surface area contributed by atoms with Crippen LogP contribution in [0.5, 0.6) is 0 Å². The molecule has 1 fully saturated rings. The molecule has 0 radical (unpaired) electrons. The third-order valence-corrected chi connectivity index (χ3v) is 4.88. The highest BCUT2D eigenvalue weighted by atomic mass is 16.5. The van der Waals surface area contributed by atoms with Gasteiger partial charge in [-0.2, -0.15) is 0 Å². The number of carbonyl (C=O) groups excluding carboxylic acids is 1. The van der Waals surface area contributed by atoms with Crippen molar-refractivity contribution < 1.29 is 14.3 Å². The topological polar surface area (TPSA) is 87.2 Å². The van der Waals surface area contributed by atoms with Gasteiger partial charge in [0, 0.05) is 58.7 Å². The van der Waals surface area contributed by atoms with Crippen molar-refractivity contribution in [3.8, 4) is 0 Å². The first-order valence-electron chi connectivity index (χ1n) is 10.7. The number of likely N-dealkylation sites (tertiary alicyclic amines) is 1. The Morgan fingerprint density at radius 1 is 1.20 bits per heavy atom. The highest BCUT2D eigenvalue weighted by molar-refractivity contribution is 5.89. The van der Waals surface area contributed by atoms with Crippen molar-refractivity contribution in [2.75, 3.05) is 45.8 Å². The fraction of sp³-hybridized carbons (Fsp3) is 0.636. The molecule has 8 heteroatoms. The third-order valence-electron chi connectivity index (χ3n) is 4.88. The Morgan fingerprint density at radius 2 is 1.90 bits per heavy atom. The Kier molecular flexibility index (Phi) is 10.4. The van der Waals surface area contributed by atoms with E-state index >= 15 is 0 Å². The quantitative estimate of drug-likeness (QED) is 0.325. The molecule has 168 valence electrons. The molecule has 1 aromatic carbocycles. The monoisotopic (exact) mass is 419 g/mol. The Bertz CT molecular complexity index is 655. The van der Waals surface area contributed by atoms with Crippen molar-refractivity contribution in [1.29, 1.82) is 0 Å². The van der Waals surface area contributed by atoms with E-state index in [1.54, 1.807) is 7.11 Å². The molecule has 1 saturated heterocycles.